The van der Waals surface area contributed by atoms with Crippen molar-refractivity contribution in [3.63, 3.8) is 0 Å². The summed E-state index contributed by atoms with van der Waals surface area (Å²) in [4.78, 5) is 12.7. The van der Waals surface area contributed by atoms with Gasteiger partial charge in [-0.3, -0.25) is 4.79 Å². The topological polar surface area (TPSA) is 86.7 Å². The lowest BCUT2D eigenvalue weighted by atomic mass is 10.2. The molecule has 1 fully saturated rings. The minimum absolute atomic E-state index is 0.0543. The summed E-state index contributed by atoms with van der Waals surface area (Å²) in [5, 5.41) is 12.4. The van der Waals surface area contributed by atoms with Crippen LogP contribution in [0, 0.1) is 0 Å². The maximum atomic E-state index is 12.8. The average Bonchev–Trinajstić information content (AvgIpc) is 3.08. The molecular weight excluding hydrogens is 328 g/mol. The Kier molecular flexibility index (Phi) is 4.55. The Bertz CT molecular complexity index is 837. The number of phenolic OH excluding ortho intramolecular Hbond substituents is 1. The fourth-order valence-electron chi connectivity index (χ4n) is 2.81. The summed E-state index contributed by atoms with van der Waals surface area (Å²) in [5.74, 6) is -0.491. The van der Waals surface area contributed by atoms with Gasteiger partial charge in [0.05, 0.1) is 10.6 Å². The van der Waals surface area contributed by atoms with E-state index in [-0.39, 0.29) is 16.3 Å². The van der Waals surface area contributed by atoms with E-state index in [0.717, 1.165) is 0 Å². The van der Waals surface area contributed by atoms with Gasteiger partial charge in [0.25, 0.3) is 0 Å². The smallest absolute Gasteiger partial charge is 0.243 e. The largest absolute Gasteiger partial charge is 0.506 e. The second-order valence-corrected chi connectivity index (χ2v) is 7.48. The van der Waals surface area contributed by atoms with Crippen molar-refractivity contribution >= 4 is 21.6 Å². The molecular formula is C17H18N2O4S. The van der Waals surface area contributed by atoms with Gasteiger partial charge < -0.3 is 10.4 Å². The molecule has 1 aliphatic rings. The van der Waals surface area contributed by atoms with Crippen LogP contribution in [-0.2, 0) is 14.8 Å². The summed E-state index contributed by atoms with van der Waals surface area (Å²) in [7, 11) is -3.73. The molecule has 24 heavy (non-hydrogen) atoms. The van der Waals surface area contributed by atoms with Gasteiger partial charge in [0, 0.05) is 6.54 Å². The molecule has 0 saturated carbocycles. The van der Waals surface area contributed by atoms with Gasteiger partial charge in [-0.1, -0.05) is 30.3 Å². The van der Waals surface area contributed by atoms with Gasteiger partial charge >= 0.3 is 0 Å². The number of sulfonamides is 1. The van der Waals surface area contributed by atoms with Crippen LogP contribution in [0.1, 0.15) is 12.8 Å². The molecule has 1 heterocycles. The number of hydrogen-bond donors (Lipinski definition) is 2. The van der Waals surface area contributed by atoms with E-state index >= 15 is 0 Å². The number of carbonyl (C=O) groups is 1. The van der Waals surface area contributed by atoms with Crippen LogP contribution in [0.25, 0.3) is 0 Å². The lowest BCUT2D eigenvalue weighted by Crippen LogP contribution is -2.43. The van der Waals surface area contributed by atoms with Crippen LogP contribution in [0.2, 0.25) is 0 Å². The van der Waals surface area contributed by atoms with E-state index in [1.165, 1.54) is 22.5 Å². The van der Waals surface area contributed by atoms with Gasteiger partial charge in [-0.25, -0.2) is 8.42 Å². The Hall–Kier alpha value is -2.38. The zero-order chi connectivity index (χ0) is 17.2. The zero-order valence-electron chi connectivity index (χ0n) is 12.9. The molecule has 1 aliphatic heterocycles. The Morgan fingerprint density at radius 3 is 2.46 bits per heavy atom. The number of para-hydroxylation sites is 2. The van der Waals surface area contributed by atoms with E-state index in [1.807, 2.05) is 0 Å². The lowest BCUT2D eigenvalue weighted by Gasteiger charge is -2.23. The molecule has 126 valence electrons. The van der Waals surface area contributed by atoms with Crippen LogP contribution in [-0.4, -0.2) is 36.3 Å². The quantitative estimate of drug-likeness (QED) is 0.831. The number of phenols is 1. The summed E-state index contributed by atoms with van der Waals surface area (Å²) >= 11 is 0. The van der Waals surface area contributed by atoms with E-state index in [2.05, 4.69) is 5.32 Å². The zero-order valence-corrected chi connectivity index (χ0v) is 13.7. The fourth-order valence-corrected chi connectivity index (χ4v) is 4.49. The molecule has 2 aromatic rings. The molecule has 0 bridgehead atoms. The third-order valence-electron chi connectivity index (χ3n) is 4.02. The van der Waals surface area contributed by atoms with Crippen LogP contribution in [0.5, 0.6) is 5.75 Å². The van der Waals surface area contributed by atoms with Crippen LogP contribution in [0.15, 0.2) is 59.5 Å². The molecule has 0 radical (unpaired) electrons. The fraction of sp³-hybridized carbons (Fsp3) is 0.235. The van der Waals surface area contributed by atoms with E-state index < -0.39 is 22.0 Å². The number of anilines is 1. The Balaban J connectivity index is 1.83. The highest BCUT2D eigenvalue weighted by Crippen LogP contribution is 2.28. The molecule has 6 nitrogen and oxygen atoms in total. The molecule has 2 N–H and O–H groups in total. The number of aromatic hydroxyl groups is 1. The SMILES string of the molecule is O=C(Nc1ccccc1O)[C@H]1CCCN1S(=O)(=O)c1ccccc1. The highest BCUT2D eigenvalue weighted by atomic mass is 32.2. The third kappa shape index (κ3) is 3.13. The van der Waals surface area contributed by atoms with Crippen molar-refractivity contribution < 1.29 is 18.3 Å². The first-order valence-electron chi connectivity index (χ1n) is 7.66. The van der Waals surface area contributed by atoms with Gasteiger partial charge in [-0.2, -0.15) is 4.31 Å². The van der Waals surface area contributed by atoms with Crippen molar-refractivity contribution in [1.82, 2.24) is 4.31 Å². The Labute approximate surface area is 140 Å². The molecule has 0 aromatic heterocycles. The molecule has 1 saturated heterocycles. The molecule has 0 unspecified atom stereocenters. The lowest BCUT2D eigenvalue weighted by molar-refractivity contribution is -0.119. The predicted octanol–water partition coefficient (Wildman–Crippen LogP) is 2.18. The van der Waals surface area contributed by atoms with Gasteiger partial charge in [0.1, 0.15) is 11.8 Å². The summed E-state index contributed by atoms with van der Waals surface area (Å²) < 4.78 is 26.8. The molecule has 1 amide bonds. The van der Waals surface area contributed by atoms with Crippen LogP contribution in [0.3, 0.4) is 0 Å². The summed E-state index contributed by atoms with van der Waals surface area (Å²) in [6.45, 7) is 0.302. The average molecular weight is 346 g/mol. The number of nitrogens with zero attached hydrogens (tertiary/aromatic N) is 1. The normalized spacial score (nSPS) is 18.4. The number of benzene rings is 2. The first kappa shape index (κ1) is 16.5. The van der Waals surface area contributed by atoms with Crippen molar-refractivity contribution in [3.8, 4) is 5.75 Å². The summed E-state index contributed by atoms with van der Waals surface area (Å²) in [6.07, 6.45) is 1.07. The van der Waals surface area contributed by atoms with Gasteiger partial charge in [-0.05, 0) is 37.1 Å². The van der Waals surface area contributed by atoms with Gasteiger partial charge in [0.2, 0.25) is 15.9 Å². The van der Waals surface area contributed by atoms with Crippen molar-refractivity contribution in [2.45, 2.75) is 23.8 Å². The van der Waals surface area contributed by atoms with E-state index in [9.17, 15) is 18.3 Å². The molecule has 7 heteroatoms. The summed E-state index contributed by atoms with van der Waals surface area (Å²) in [6, 6.07) is 13.7. The predicted molar refractivity (Wildman–Crippen MR) is 90.1 cm³/mol. The van der Waals surface area contributed by atoms with Crippen molar-refractivity contribution in [3.05, 3.63) is 54.6 Å². The van der Waals surface area contributed by atoms with Gasteiger partial charge in [0.15, 0.2) is 0 Å². The monoisotopic (exact) mass is 346 g/mol. The van der Waals surface area contributed by atoms with Crippen LogP contribution >= 0.6 is 0 Å². The molecule has 0 spiro atoms. The number of hydrogen-bond acceptors (Lipinski definition) is 4. The molecule has 0 aliphatic carbocycles. The first-order chi connectivity index (χ1) is 11.5. The van der Waals surface area contributed by atoms with E-state index in [4.69, 9.17) is 0 Å². The highest BCUT2D eigenvalue weighted by Gasteiger charge is 2.39. The number of carbonyl (C=O) groups excluding carboxylic acids is 1. The number of rotatable bonds is 4. The molecule has 3 rings (SSSR count). The highest BCUT2D eigenvalue weighted by molar-refractivity contribution is 7.89. The minimum atomic E-state index is -3.73. The molecule has 1 atom stereocenters. The van der Waals surface area contributed by atoms with Crippen LogP contribution < -0.4 is 5.32 Å². The maximum Gasteiger partial charge on any atom is 0.243 e. The maximum absolute atomic E-state index is 12.8. The first-order valence-corrected chi connectivity index (χ1v) is 9.10. The van der Waals surface area contributed by atoms with Crippen molar-refractivity contribution in [2.75, 3.05) is 11.9 Å². The van der Waals surface area contributed by atoms with Crippen molar-refractivity contribution in [1.29, 1.82) is 0 Å². The van der Waals surface area contributed by atoms with Crippen LogP contribution in [0.4, 0.5) is 5.69 Å². The Morgan fingerprint density at radius 2 is 1.75 bits per heavy atom. The third-order valence-corrected chi connectivity index (χ3v) is 5.94. The standard InChI is InChI=1S/C17H18N2O4S/c20-16-11-5-4-9-14(16)18-17(21)15-10-6-12-19(15)24(22,23)13-7-2-1-3-8-13/h1-5,7-9,11,15,20H,6,10,12H2,(H,18,21)/t15-/m1/s1. The Morgan fingerprint density at radius 1 is 1.08 bits per heavy atom. The van der Waals surface area contributed by atoms with E-state index in [0.29, 0.717) is 19.4 Å². The second kappa shape index (κ2) is 6.62. The number of nitrogens with one attached hydrogen (secondary N) is 1. The second-order valence-electron chi connectivity index (χ2n) is 5.59. The van der Waals surface area contributed by atoms with E-state index in [1.54, 1.807) is 36.4 Å². The molecule has 2 aromatic carbocycles. The van der Waals surface area contributed by atoms with Crippen molar-refractivity contribution in [2.24, 2.45) is 0 Å². The minimum Gasteiger partial charge on any atom is -0.506 e. The summed E-state index contributed by atoms with van der Waals surface area (Å²) in [5.41, 5.74) is 0.270. The van der Waals surface area contributed by atoms with Gasteiger partial charge in [-0.15, -0.1) is 0 Å². The number of amides is 1.